The van der Waals surface area contributed by atoms with E-state index in [1.807, 2.05) is 0 Å². The van der Waals surface area contributed by atoms with Crippen molar-refractivity contribution in [1.82, 2.24) is 0 Å². The molecule has 0 fully saturated rings. The molecular formula is C11H12N2O3. The largest absolute Gasteiger partial charge is 0.507 e. The molecule has 16 heavy (non-hydrogen) atoms. The predicted octanol–water partition coefficient (Wildman–Crippen LogP) is 1.66. The summed E-state index contributed by atoms with van der Waals surface area (Å²) in [6.45, 7) is 3.00. The predicted molar refractivity (Wildman–Crippen MR) is 61.1 cm³/mol. The van der Waals surface area contributed by atoms with Crippen molar-refractivity contribution in [1.29, 1.82) is 0 Å². The summed E-state index contributed by atoms with van der Waals surface area (Å²) in [6.07, 6.45) is 0. The molecule has 1 aromatic rings. The Hall–Kier alpha value is -2.17. The molecule has 0 aromatic heterocycles. The molecule has 0 aliphatic rings. The van der Waals surface area contributed by atoms with Crippen molar-refractivity contribution < 1.29 is 15.0 Å². The van der Waals surface area contributed by atoms with Gasteiger partial charge in [0, 0.05) is 5.56 Å². The Morgan fingerprint density at radius 2 is 1.81 bits per heavy atom. The normalized spacial score (nSPS) is 12.6. The van der Waals surface area contributed by atoms with E-state index >= 15 is 0 Å². The van der Waals surface area contributed by atoms with Crippen LogP contribution in [0, 0.1) is 0 Å². The van der Waals surface area contributed by atoms with Gasteiger partial charge in [-0.15, -0.1) is 5.10 Å². The number of para-hydroxylation sites is 1. The van der Waals surface area contributed by atoms with Crippen LogP contribution in [0.15, 0.2) is 34.5 Å². The molecule has 0 heterocycles. The molecule has 84 valence electrons. The van der Waals surface area contributed by atoms with Crippen molar-refractivity contribution >= 4 is 17.4 Å². The van der Waals surface area contributed by atoms with Gasteiger partial charge in [0.1, 0.15) is 11.5 Å². The van der Waals surface area contributed by atoms with Crippen LogP contribution in [0.25, 0.3) is 0 Å². The van der Waals surface area contributed by atoms with Crippen LogP contribution in [0.2, 0.25) is 0 Å². The van der Waals surface area contributed by atoms with E-state index < -0.39 is 5.97 Å². The average molecular weight is 220 g/mol. The molecule has 1 rings (SSSR count). The van der Waals surface area contributed by atoms with E-state index in [1.165, 1.54) is 13.0 Å². The fraction of sp³-hybridized carbons (Fsp3) is 0.182. The number of carboxylic acids is 1. The first-order valence-electron chi connectivity index (χ1n) is 4.63. The van der Waals surface area contributed by atoms with Gasteiger partial charge in [-0.2, -0.15) is 5.10 Å². The number of phenols is 1. The SMILES string of the molecule is CC(=NN=C(C)c1ccccc1O)C(=O)O. The lowest BCUT2D eigenvalue weighted by Crippen LogP contribution is -2.07. The van der Waals surface area contributed by atoms with Crippen molar-refractivity contribution in [2.75, 3.05) is 0 Å². The van der Waals surface area contributed by atoms with Crippen molar-refractivity contribution in [3.8, 4) is 5.75 Å². The molecule has 0 spiro atoms. The summed E-state index contributed by atoms with van der Waals surface area (Å²) in [7, 11) is 0. The fourth-order valence-electron chi connectivity index (χ4n) is 1.03. The monoisotopic (exact) mass is 220 g/mol. The van der Waals surface area contributed by atoms with Gasteiger partial charge in [0.15, 0.2) is 0 Å². The molecule has 2 N–H and O–H groups in total. The number of aromatic hydroxyl groups is 1. The Morgan fingerprint density at radius 1 is 1.19 bits per heavy atom. The van der Waals surface area contributed by atoms with Crippen molar-refractivity contribution in [2.24, 2.45) is 10.2 Å². The molecule has 5 heteroatoms. The molecule has 0 atom stereocenters. The second-order valence-electron chi connectivity index (χ2n) is 3.19. The van der Waals surface area contributed by atoms with E-state index in [4.69, 9.17) is 5.11 Å². The van der Waals surface area contributed by atoms with Crippen LogP contribution in [0.3, 0.4) is 0 Å². The summed E-state index contributed by atoms with van der Waals surface area (Å²) in [6, 6.07) is 6.65. The first-order valence-corrected chi connectivity index (χ1v) is 4.63. The number of hydrogen-bond acceptors (Lipinski definition) is 4. The minimum atomic E-state index is -1.12. The summed E-state index contributed by atoms with van der Waals surface area (Å²) >= 11 is 0. The quantitative estimate of drug-likeness (QED) is 0.600. The molecule has 0 amide bonds. The van der Waals surface area contributed by atoms with Crippen molar-refractivity contribution in [3.05, 3.63) is 29.8 Å². The summed E-state index contributed by atoms with van der Waals surface area (Å²) in [5, 5.41) is 25.4. The number of carboxylic acid groups (broad SMARTS) is 1. The number of hydrogen-bond donors (Lipinski definition) is 2. The van der Waals surface area contributed by atoms with Crippen LogP contribution < -0.4 is 0 Å². The van der Waals surface area contributed by atoms with E-state index in [1.54, 1.807) is 25.1 Å². The van der Waals surface area contributed by atoms with E-state index in [2.05, 4.69) is 10.2 Å². The maximum atomic E-state index is 10.5. The van der Waals surface area contributed by atoms with Gasteiger partial charge >= 0.3 is 5.97 Å². The molecule has 0 aliphatic heterocycles. The van der Waals surface area contributed by atoms with Crippen LogP contribution in [-0.4, -0.2) is 27.6 Å². The highest BCUT2D eigenvalue weighted by molar-refractivity contribution is 6.34. The van der Waals surface area contributed by atoms with Gasteiger partial charge in [0.05, 0.1) is 5.71 Å². The van der Waals surface area contributed by atoms with Gasteiger partial charge in [-0.05, 0) is 26.0 Å². The van der Waals surface area contributed by atoms with E-state index in [0.717, 1.165) is 0 Å². The van der Waals surface area contributed by atoms with Gasteiger partial charge in [0.25, 0.3) is 0 Å². The maximum Gasteiger partial charge on any atom is 0.351 e. The molecule has 1 aromatic carbocycles. The van der Waals surface area contributed by atoms with Crippen LogP contribution >= 0.6 is 0 Å². The van der Waals surface area contributed by atoms with Crippen LogP contribution in [0.4, 0.5) is 0 Å². The van der Waals surface area contributed by atoms with Gasteiger partial charge < -0.3 is 10.2 Å². The molecule has 0 aliphatic carbocycles. The van der Waals surface area contributed by atoms with E-state index in [9.17, 15) is 9.90 Å². The molecular weight excluding hydrogens is 208 g/mol. The van der Waals surface area contributed by atoms with Crippen molar-refractivity contribution in [3.63, 3.8) is 0 Å². The number of rotatable bonds is 3. The van der Waals surface area contributed by atoms with Crippen LogP contribution in [0.1, 0.15) is 19.4 Å². The average Bonchev–Trinajstić information content (AvgIpc) is 2.25. The lowest BCUT2D eigenvalue weighted by molar-refractivity contribution is -0.129. The zero-order chi connectivity index (χ0) is 12.1. The molecule has 0 radical (unpaired) electrons. The smallest absolute Gasteiger partial charge is 0.351 e. The lowest BCUT2D eigenvalue weighted by atomic mass is 10.1. The third-order valence-electron chi connectivity index (χ3n) is 1.95. The number of aliphatic carboxylic acids is 1. The molecule has 0 saturated heterocycles. The van der Waals surface area contributed by atoms with Gasteiger partial charge in [-0.3, -0.25) is 0 Å². The Bertz CT molecular complexity index is 464. The minimum absolute atomic E-state index is 0.0897. The fourth-order valence-corrected chi connectivity index (χ4v) is 1.03. The first kappa shape index (κ1) is 11.9. The minimum Gasteiger partial charge on any atom is -0.507 e. The van der Waals surface area contributed by atoms with Gasteiger partial charge in [0.2, 0.25) is 0 Å². The molecule has 0 bridgehead atoms. The Balaban J connectivity index is 2.99. The first-order chi connectivity index (χ1) is 7.52. The summed E-state index contributed by atoms with van der Waals surface area (Å²) in [4.78, 5) is 10.5. The molecule has 5 nitrogen and oxygen atoms in total. The topological polar surface area (TPSA) is 82.2 Å². The maximum absolute atomic E-state index is 10.5. The number of nitrogens with zero attached hydrogens (tertiary/aromatic N) is 2. The lowest BCUT2D eigenvalue weighted by Gasteiger charge is -2.01. The second-order valence-corrected chi connectivity index (χ2v) is 3.19. The summed E-state index contributed by atoms with van der Waals surface area (Å²) in [5.41, 5.74) is 0.887. The summed E-state index contributed by atoms with van der Waals surface area (Å²) in [5.74, 6) is -1.03. The van der Waals surface area contributed by atoms with E-state index in [-0.39, 0.29) is 11.5 Å². The number of benzene rings is 1. The van der Waals surface area contributed by atoms with E-state index in [0.29, 0.717) is 11.3 Å². The van der Waals surface area contributed by atoms with Crippen molar-refractivity contribution in [2.45, 2.75) is 13.8 Å². The molecule has 0 unspecified atom stereocenters. The zero-order valence-corrected chi connectivity index (χ0v) is 9.01. The standard InChI is InChI=1S/C11H12N2O3/c1-7(12-13-8(2)11(15)16)9-5-3-4-6-10(9)14/h3-6,14H,1-2H3,(H,15,16). The number of phenolic OH excluding ortho intramolecular Hbond substituents is 1. The van der Waals surface area contributed by atoms with Crippen LogP contribution in [0.5, 0.6) is 5.75 Å². The zero-order valence-electron chi connectivity index (χ0n) is 9.01. The van der Waals surface area contributed by atoms with Gasteiger partial charge in [-0.25, -0.2) is 4.79 Å². The highest BCUT2D eigenvalue weighted by Crippen LogP contribution is 2.16. The highest BCUT2D eigenvalue weighted by Gasteiger charge is 2.04. The van der Waals surface area contributed by atoms with Gasteiger partial charge in [-0.1, -0.05) is 12.1 Å². The third-order valence-corrected chi connectivity index (χ3v) is 1.95. The molecule has 0 saturated carbocycles. The number of carbonyl (C=O) groups is 1. The Morgan fingerprint density at radius 3 is 2.38 bits per heavy atom. The second kappa shape index (κ2) is 5.06. The highest BCUT2D eigenvalue weighted by atomic mass is 16.4. The van der Waals surface area contributed by atoms with Crippen LogP contribution in [-0.2, 0) is 4.79 Å². The summed E-state index contributed by atoms with van der Waals surface area (Å²) < 4.78 is 0. The third kappa shape index (κ3) is 2.91. The Labute approximate surface area is 92.8 Å². The Kier molecular flexibility index (Phi) is 3.77.